The smallest absolute Gasteiger partial charge is 0.434 e. The van der Waals surface area contributed by atoms with Crippen molar-refractivity contribution in [2.24, 2.45) is 12.5 Å². The molecule has 0 N–H and O–H groups in total. The number of fused-ring (bicyclic) bond motifs is 4. The Morgan fingerprint density at radius 2 is 1.79 bits per heavy atom. The van der Waals surface area contributed by atoms with Crippen molar-refractivity contribution in [1.29, 1.82) is 0 Å². The van der Waals surface area contributed by atoms with E-state index < -0.39 is 11.9 Å². The van der Waals surface area contributed by atoms with Gasteiger partial charge in [0.05, 0.1) is 18.4 Å². The normalized spacial score (nSPS) is 25.0. The summed E-state index contributed by atoms with van der Waals surface area (Å²) in [7, 11) is 1.69. The summed E-state index contributed by atoms with van der Waals surface area (Å²) in [4.78, 5) is 20.6. The first-order valence-corrected chi connectivity index (χ1v) is 13.4. The third kappa shape index (κ3) is 4.22. The highest BCUT2D eigenvalue weighted by molar-refractivity contribution is 5.64. The van der Waals surface area contributed by atoms with Crippen LogP contribution >= 0.6 is 0 Å². The average Bonchev–Trinajstić information content (AvgIpc) is 3.33. The van der Waals surface area contributed by atoms with Crippen molar-refractivity contribution in [1.82, 2.24) is 24.5 Å². The minimum Gasteiger partial charge on any atom is -0.486 e. The Kier molecular flexibility index (Phi) is 5.92. The number of imidazole rings is 1. The molecule has 7 rings (SSSR count). The summed E-state index contributed by atoms with van der Waals surface area (Å²) in [6.07, 6.45) is 5.74. The van der Waals surface area contributed by atoms with Gasteiger partial charge in [-0.2, -0.15) is 13.2 Å². The van der Waals surface area contributed by atoms with E-state index in [2.05, 4.69) is 33.7 Å². The van der Waals surface area contributed by atoms with E-state index >= 15 is 0 Å². The number of hydrogen-bond donors (Lipinski definition) is 0. The van der Waals surface area contributed by atoms with Crippen molar-refractivity contribution < 1.29 is 17.9 Å². The van der Waals surface area contributed by atoms with Crippen LogP contribution in [0.2, 0.25) is 0 Å². The fraction of sp³-hybridized carbons (Fsp3) is 0.571. The molecule has 0 aromatic carbocycles. The monoisotopic (exact) mass is 526 g/mol. The van der Waals surface area contributed by atoms with Crippen LogP contribution in [-0.2, 0) is 18.6 Å². The predicted octanol–water partition coefficient (Wildman–Crippen LogP) is 5.91. The molecule has 0 unspecified atom stereocenters. The maximum absolute atomic E-state index is 13.3. The molecule has 3 saturated carbocycles. The fourth-order valence-corrected chi connectivity index (χ4v) is 6.75. The first-order chi connectivity index (χ1) is 18.1. The zero-order valence-electron chi connectivity index (χ0n) is 22.1. The highest BCUT2D eigenvalue weighted by Gasteiger charge is 2.52. The second kappa shape index (κ2) is 8.95. The lowest BCUT2D eigenvalue weighted by atomic mass is 9.53. The predicted molar refractivity (Wildman–Crippen MR) is 137 cm³/mol. The zero-order valence-corrected chi connectivity index (χ0v) is 22.1. The number of rotatable bonds is 5. The van der Waals surface area contributed by atoms with Gasteiger partial charge in [0.25, 0.3) is 0 Å². The van der Waals surface area contributed by atoms with E-state index in [4.69, 9.17) is 9.72 Å². The van der Waals surface area contributed by atoms with Crippen LogP contribution in [0.25, 0.3) is 11.4 Å². The molecule has 0 amide bonds. The minimum absolute atomic E-state index is 0.108. The molecule has 2 bridgehead atoms. The van der Waals surface area contributed by atoms with Gasteiger partial charge < -0.3 is 14.2 Å². The number of alkyl halides is 3. The summed E-state index contributed by atoms with van der Waals surface area (Å²) < 4.78 is 47.5. The second-order valence-corrected chi connectivity index (χ2v) is 11.6. The van der Waals surface area contributed by atoms with Crippen molar-refractivity contribution in [3.8, 4) is 17.1 Å². The van der Waals surface area contributed by atoms with Crippen molar-refractivity contribution in [2.75, 3.05) is 24.6 Å². The zero-order chi connectivity index (χ0) is 26.7. The molecule has 4 aliphatic rings. The van der Waals surface area contributed by atoms with E-state index in [0.29, 0.717) is 24.0 Å². The van der Waals surface area contributed by atoms with Gasteiger partial charge in [0, 0.05) is 37.0 Å². The molecule has 3 aromatic rings. The summed E-state index contributed by atoms with van der Waals surface area (Å²) in [6.45, 7) is 6.40. The lowest BCUT2D eigenvalue weighted by molar-refractivity contribution is -0.141. The van der Waals surface area contributed by atoms with Gasteiger partial charge in [-0.25, -0.2) is 15.0 Å². The number of aromatic nitrogens is 5. The second-order valence-electron chi connectivity index (χ2n) is 11.6. The quantitative estimate of drug-likeness (QED) is 0.412. The largest absolute Gasteiger partial charge is 0.486 e. The molecule has 0 spiro atoms. The van der Waals surface area contributed by atoms with E-state index in [9.17, 15) is 13.2 Å². The number of anilines is 1. The van der Waals surface area contributed by atoms with E-state index in [1.54, 1.807) is 24.0 Å². The first-order valence-electron chi connectivity index (χ1n) is 13.4. The Morgan fingerprint density at radius 1 is 1.05 bits per heavy atom. The molecule has 202 valence electrons. The van der Waals surface area contributed by atoms with Crippen molar-refractivity contribution >= 4 is 5.82 Å². The molecular weight excluding hydrogens is 493 g/mol. The Labute approximate surface area is 220 Å². The standard InChI is InChI=1S/C28H33F3N6O/c1-18(2)22-19(5-4-12-32-22)23-33-15-20-24(35-23)37(13-14-38-20)17-26-6-9-27(10-7-26,11-8-26)25-34-21(16-36(25)3)28(29,30)31/h4-5,12,15-16,18H,6-11,13-14,17H2,1-3H3. The van der Waals surface area contributed by atoms with Crippen LogP contribution < -0.4 is 9.64 Å². The number of ether oxygens (including phenoxy) is 1. The van der Waals surface area contributed by atoms with Crippen LogP contribution in [0.5, 0.6) is 5.75 Å². The molecular formula is C28H33F3N6O. The van der Waals surface area contributed by atoms with Crippen LogP contribution in [0.3, 0.4) is 0 Å². The molecule has 0 radical (unpaired) electrons. The van der Waals surface area contributed by atoms with Gasteiger partial charge in [-0.05, 0) is 62.0 Å². The number of aryl methyl sites for hydroxylation is 1. The van der Waals surface area contributed by atoms with Crippen LogP contribution in [0.1, 0.15) is 75.5 Å². The van der Waals surface area contributed by atoms with Crippen molar-refractivity contribution in [3.63, 3.8) is 0 Å². The molecule has 4 heterocycles. The number of halogens is 3. The van der Waals surface area contributed by atoms with Gasteiger partial charge >= 0.3 is 6.18 Å². The highest BCUT2D eigenvalue weighted by atomic mass is 19.4. The fourth-order valence-electron chi connectivity index (χ4n) is 6.75. The average molecular weight is 527 g/mol. The maximum Gasteiger partial charge on any atom is 0.434 e. The third-order valence-corrected chi connectivity index (χ3v) is 8.85. The molecule has 3 aliphatic carbocycles. The first kappa shape index (κ1) is 25.1. The van der Waals surface area contributed by atoms with Gasteiger partial charge in [-0.3, -0.25) is 4.98 Å². The molecule has 3 fully saturated rings. The maximum atomic E-state index is 13.3. The number of pyridine rings is 1. The van der Waals surface area contributed by atoms with E-state index in [0.717, 1.165) is 74.9 Å². The molecule has 38 heavy (non-hydrogen) atoms. The molecule has 0 saturated heterocycles. The summed E-state index contributed by atoms with van der Waals surface area (Å²) in [5.41, 5.74) is 0.944. The van der Waals surface area contributed by atoms with Gasteiger partial charge in [0.15, 0.2) is 23.1 Å². The Balaban J connectivity index is 1.24. The summed E-state index contributed by atoms with van der Waals surface area (Å²) in [5, 5.41) is 0. The van der Waals surface area contributed by atoms with E-state index in [-0.39, 0.29) is 16.7 Å². The topological polar surface area (TPSA) is 69.0 Å². The van der Waals surface area contributed by atoms with Crippen molar-refractivity contribution in [2.45, 2.75) is 69.9 Å². The third-order valence-electron chi connectivity index (χ3n) is 8.85. The van der Waals surface area contributed by atoms with Crippen LogP contribution in [0.15, 0.2) is 30.7 Å². The lowest BCUT2D eigenvalue weighted by Gasteiger charge is -2.54. The Morgan fingerprint density at radius 3 is 2.45 bits per heavy atom. The number of nitrogens with zero attached hydrogens (tertiary/aromatic N) is 6. The Hall–Kier alpha value is -3.17. The van der Waals surface area contributed by atoms with Gasteiger partial charge in [0.1, 0.15) is 12.4 Å². The lowest BCUT2D eigenvalue weighted by Crippen LogP contribution is -2.51. The number of hydrogen-bond acceptors (Lipinski definition) is 6. The van der Waals surface area contributed by atoms with Crippen LogP contribution in [0, 0.1) is 5.41 Å². The molecule has 10 heteroatoms. The molecule has 7 nitrogen and oxygen atoms in total. The summed E-state index contributed by atoms with van der Waals surface area (Å²) >= 11 is 0. The van der Waals surface area contributed by atoms with Crippen LogP contribution in [-0.4, -0.2) is 44.2 Å². The van der Waals surface area contributed by atoms with Crippen molar-refractivity contribution in [3.05, 3.63) is 47.9 Å². The van der Waals surface area contributed by atoms with E-state index in [1.165, 1.54) is 0 Å². The highest BCUT2D eigenvalue weighted by Crippen LogP contribution is 2.58. The SMILES string of the molecule is CC(C)c1ncccc1-c1ncc2c(n1)N(CC13CCC(c4nc(C(F)(F)F)cn4C)(CC1)CC3)CCO2. The molecule has 0 atom stereocenters. The molecule has 3 aromatic heterocycles. The van der Waals surface area contributed by atoms with E-state index in [1.807, 2.05) is 12.1 Å². The Bertz CT molecular complexity index is 1330. The summed E-state index contributed by atoms with van der Waals surface area (Å²) in [6, 6.07) is 3.92. The van der Waals surface area contributed by atoms with Gasteiger partial charge in [0.2, 0.25) is 0 Å². The minimum atomic E-state index is -4.42. The van der Waals surface area contributed by atoms with Gasteiger partial charge in [-0.1, -0.05) is 13.8 Å². The van der Waals surface area contributed by atoms with Crippen LogP contribution in [0.4, 0.5) is 19.0 Å². The molecule has 1 aliphatic heterocycles. The van der Waals surface area contributed by atoms with Gasteiger partial charge in [-0.15, -0.1) is 0 Å². The summed E-state index contributed by atoms with van der Waals surface area (Å²) in [5.74, 6) is 2.99.